The third-order valence-electron chi connectivity index (χ3n) is 3.92. The number of carbonyl (C=O) groups is 1. The molecule has 140 valence electrons. The van der Waals surface area contributed by atoms with Crippen LogP contribution in [-0.2, 0) is 11.3 Å². The van der Waals surface area contributed by atoms with Gasteiger partial charge >= 0.3 is 0 Å². The molecular weight excluding hydrogens is 340 g/mol. The largest absolute Gasteiger partial charge is 0.494 e. The Morgan fingerprint density at radius 1 is 1.41 bits per heavy atom. The lowest BCUT2D eigenvalue weighted by atomic mass is 10.0. The van der Waals surface area contributed by atoms with E-state index in [4.69, 9.17) is 4.74 Å². The molecule has 2 aromatic rings. The molecule has 0 bridgehead atoms. The molecular formula is C21H24N4O2. The van der Waals surface area contributed by atoms with E-state index in [1.807, 2.05) is 57.2 Å². The third kappa shape index (κ3) is 5.86. The summed E-state index contributed by atoms with van der Waals surface area (Å²) < 4.78 is 5.65. The first kappa shape index (κ1) is 20.0. The van der Waals surface area contributed by atoms with Gasteiger partial charge in [-0.15, -0.1) is 0 Å². The lowest BCUT2D eigenvalue weighted by molar-refractivity contribution is -0.117. The number of nitrogens with one attached hydrogen (secondary N) is 2. The Balaban J connectivity index is 2.04. The number of aryl methyl sites for hydroxylation is 1. The number of hydrogen-bond donors (Lipinski definition) is 2. The minimum absolute atomic E-state index is 0.0105. The topological polar surface area (TPSA) is 87.0 Å². The van der Waals surface area contributed by atoms with Crippen LogP contribution in [0.4, 0.5) is 0 Å². The van der Waals surface area contributed by atoms with Crippen LogP contribution in [0.2, 0.25) is 0 Å². The standard InChI is InChI=1S/C21H24N4O2/c1-4-27-20-8-7-15(2)10-19(20)16(3)25-21(26)18(11-22)14-24-13-17-6-5-9-23-12-17/h5-10,12,14,16,24H,4,13H2,1-3H3,(H,25,26)/b18-14-. The van der Waals surface area contributed by atoms with Gasteiger partial charge in [-0.2, -0.15) is 5.26 Å². The second-order valence-corrected chi connectivity index (χ2v) is 6.08. The normalized spacial score (nSPS) is 12.0. The summed E-state index contributed by atoms with van der Waals surface area (Å²) in [5, 5.41) is 15.1. The molecule has 6 nitrogen and oxygen atoms in total. The second-order valence-electron chi connectivity index (χ2n) is 6.08. The van der Waals surface area contributed by atoms with Crippen LogP contribution in [0.5, 0.6) is 5.75 Å². The molecule has 0 aliphatic carbocycles. The van der Waals surface area contributed by atoms with E-state index >= 15 is 0 Å². The summed E-state index contributed by atoms with van der Waals surface area (Å²) in [6, 6.07) is 11.2. The quantitative estimate of drug-likeness (QED) is 0.555. The number of nitriles is 1. The van der Waals surface area contributed by atoms with Crippen molar-refractivity contribution in [1.29, 1.82) is 5.26 Å². The highest BCUT2D eigenvalue weighted by Crippen LogP contribution is 2.26. The Bertz CT molecular complexity index is 841. The molecule has 0 spiro atoms. The predicted octanol–water partition coefficient (Wildman–Crippen LogP) is 3.16. The minimum atomic E-state index is -0.437. The molecule has 2 N–H and O–H groups in total. The van der Waals surface area contributed by atoms with E-state index in [1.165, 1.54) is 6.20 Å². The predicted molar refractivity (Wildman–Crippen MR) is 104 cm³/mol. The molecule has 0 saturated heterocycles. The van der Waals surface area contributed by atoms with Crippen molar-refractivity contribution in [3.8, 4) is 11.8 Å². The number of pyridine rings is 1. The van der Waals surface area contributed by atoms with Crippen LogP contribution in [0.25, 0.3) is 0 Å². The molecule has 0 saturated carbocycles. The first-order valence-corrected chi connectivity index (χ1v) is 8.82. The van der Waals surface area contributed by atoms with Gasteiger partial charge in [0.05, 0.1) is 12.6 Å². The van der Waals surface area contributed by atoms with Gasteiger partial charge in [-0.1, -0.05) is 23.8 Å². The van der Waals surface area contributed by atoms with E-state index in [1.54, 1.807) is 12.4 Å². The van der Waals surface area contributed by atoms with Gasteiger partial charge in [0.2, 0.25) is 0 Å². The number of hydrogen-bond acceptors (Lipinski definition) is 5. The van der Waals surface area contributed by atoms with Crippen molar-refractivity contribution in [1.82, 2.24) is 15.6 Å². The highest BCUT2D eigenvalue weighted by molar-refractivity contribution is 5.97. The highest BCUT2D eigenvalue weighted by Gasteiger charge is 2.17. The lowest BCUT2D eigenvalue weighted by Crippen LogP contribution is -2.29. The molecule has 0 aliphatic heterocycles. The summed E-state index contributed by atoms with van der Waals surface area (Å²) in [5.41, 5.74) is 2.92. The number of amides is 1. The third-order valence-corrected chi connectivity index (χ3v) is 3.92. The fourth-order valence-corrected chi connectivity index (χ4v) is 2.57. The van der Waals surface area contributed by atoms with E-state index < -0.39 is 5.91 Å². The fraction of sp³-hybridized carbons (Fsp3) is 0.286. The molecule has 2 rings (SSSR count). The van der Waals surface area contributed by atoms with Crippen molar-refractivity contribution in [2.24, 2.45) is 0 Å². The maximum absolute atomic E-state index is 12.5. The van der Waals surface area contributed by atoms with E-state index in [2.05, 4.69) is 15.6 Å². The van der Waals surface area contributed by atoms with Crippen molar-refractivity contribution in [2.45, 2.75) is 33.4 Å². The Labute approximate surface area is 159 Å². The second kappa shape index (κ2) is 9.97. The number of rotatable bonds is 8. The number of carbonyl (C=O) groups excluding carboxylic acids is 1. The number of nitrogens with zero attached hydrogens (tertiary/aromatic N) is 2. The first-order valence-electron chi connectivity index (χ1n) is 8.82. The van der Waals surface area contributed by atoms with Crippen molar-refractivity contribution in [2.75, 3.05) is 6.61 Å². The Morgan fingerprint density at radius 3 is 2.89 bits per heavy atom. The van der Waals surface area contributed by atoms with E-state index in [-0.39, 0.29) is 11.6 Å². The molecule has 1 atom stereocenters. The zero-order chi connectivity index (χ0) is 19.6. The summed E-state index contributed by atoms with van der Waals surface area (Å²) >= 11 is 0. The summed E-state index contributed by atoms with van der Waals surface area (Å²) in [5.74, 6) is 0.292. The van der Waals surface area contributed by atoms with Crippen molar-refractivity contribution >= 4 is 5.91 Å². The molecule has 27 heavy (non-hydrogen) atoms. The van der Waals surface area contributed by atoms with Crippen LogP contribution in [0.3, 0.4) is 0 Å². The average molecular weight is 364 g/mol. The Hall–Kier alpha value is -3.33. The van der Waals surface area contributed by atoms with Gasteiger partial charge in [-0.25, -0.2) is 0 Å². The molecule has 1 aromatic heterocycles. The van der Waals surface area contributed by atoms with Gasteiger partial charge in [-0.05, 0) is 38.5 Å². The summed E-state index contributed by atoms with van der Waals surface area (Å²) in [7, 11) is 0. The molecule has 0 radical (unpaired) electrons. The van der Waals surface area contributed by atoms with Crippen molar-refractivity contribution < 1.29 is 9.53 Å². The zero-order valence-electron chi connectivity index (χ0n) is 15.8. The smallest absolute Gasteiger partial charge is 0.263 e. The van der Waals surface area contributed by atoms with E-state index in [0.29, 0.717) is 13.2 Å². The molecule has 6 heteroatoms. The number of aromatic nitrogens is 1. The van der Waals surface area contributed by atoms with Crippen molar-refractivity contribution in [3.63, 3.8) is 0 Å². The first-order chi connectivity index (χ1) is 13.0. The summed E-state index contributed by atoms with van der Waals surface area (Å²) in [6.45, 7) is 6.79. The lowest BCUT2D eigenvalue weighted by Gasteiger charge is -2.18. The number of benzene rings is 1. The average Bonchev–Trinajstić information content (AvgIpc) is 2.67. The van der Waals surface area contributed by atoms with Crippen LogP contribution >= 0.6 is 0 Å². The van der Waals surface area contributed by atoms with E-state index in [9.17, 15) is 10.1 Å². The van der Waals surface area contributed by atoms with Crippen LogP contribution < -0.4 is 15.4 Å². The molecule has 1 amide bonds. The van der Waals surface area contributed by atoms with Gasteiger partial charge in [0.25, 0.3) is 5.91 Å². The SMILES string of the molecule is CCOc1ccc(C)cc1C(C)NC(=O)/C(C#N)=C\NCc1cccnc1. The maximum atomic E-state index is 12.5. The zero-order valence-corrected chi connectivity index (χ0v) is 15.8. The molecule has 0 aliphatic rings. The van der Waals surface area contributed by atoms with Gasteiger partial charge in [0.1, 0.15) is 17.4 Å². The molecule has 1 heterocycles. The van der Waals surface area contributed by atoms with Crippen LogP contribution in [0.1, 0.15) is 36.6 Å². The number of ether oxygens (including phenoxy) is 1. The van der Waals surface area contributed by atoms with Gasteiger partial charge in [0, 0.05) is 30.7 Å². The summed E-state index contributed by atoms with van der Waals surface area (Å²) in [4.78, 5) is 16.5. The molecule has 1 aromatic carbocycles. The maximum Gasteiger partial charge on any atom is 0.263 e. The minimum Gasteiger partial charge on any atom is -0.494 e. The Morgan fingerprint density at radius 2 is 2.22 bits per heavy atom. The monoisotopic (exact) mass is 364 g/mol. The molecule has 0 fully saturated rings. The van der Waals surface area contributed by atoms with Gasteiger partial charge in [-0.3, -0.25) is 9.78 Å². The van der Waals surface area contributed by atoms with E-state index in [0.717, 1.165) is 22.4 Å². The van der Waals surface area contributed by atoms with Gasteiger partial charge in [0.15, 0.2) is 0 Å². The van der Waals surface area contributed by atoms with Crippen LogP contribution in [0, 0.1) is 18.3 Å². The Kier molecular flexibility index (Phi) is 7.38. The van der Waals surface area contributed by atoms with Crippen LogP contribution in [-0.4, -0.2) is 17.5 Å². The van der Waals surface area contributed by atoms with Crippen molar-refractivity contribution in [3.05, 3.63) is 71.2 Å². The highest BCUT2D eigenvalue weighted by atomic mass is 16.5. The van der Waals surface area contributed by atoms with Crippen LogP contribution in [0.15, 0.2) is 54.5 Å². The molecule has 1 unspecified atom stereocenters. The fourth-order valence-electron chi connectivity index (χ4n) is 2.57. The van der Waals surface area contributed by atoms with Gasteiger partial charge < -0.3 is 15.4 Å². The summed E-state index contributed by atoms with van der Waals surface area (Å²) in [6.07, 6.45) is 4.84.